The Labute approximate surface area is 137 Å². The van der Waals surface area contributed by atoms with E-state index in [-0.39, 0.29) is 17.2 Å². The molecule has 3 aliphatic heterocycles. The van der Waals surface area contributed by atoms with Gasteiger partial charge in [0.1, 0.15) is 28.7 Å². The first kappa shape index (κ1) is 14.2. The third kappa shape index (κ3) is 1.52. The molecule has 3 aliphatic rings. The number of anilines is 1. The second kappa shape index (κ2) is 4.55. The minimum absolute atomic E-state index is 0.0739. The van der Waals surface area contributed by atoms with Crippen molar-refractivity contribution in [2.24, 2.45) is 16.6 Å². The first-order valence-corrected chi connectivity index (χ1v) is 7.30. The predicted octanol–water partition coefficient (Wildman–Crippen LogP) is 1.10. The van der Waals surface area contributed by atoms with Crippen LogP contribution in [-0.4, -0.2) is 17.5 Å². The monoisotopic (exact) mass is 320 g/mol. The third-order valence-corrected chi connectivity index (χ3v) is 4.54. The molecular weight excluding hydrogens is 308 g/mol. The zero-order chi connectivity index (χ0) is 17.1. The average Bonchev–Trinajstić information content (AvgIpc) is 2.80. The van der Waals surface area contributed by atoms with Crippen LogP contribution in [0.15, 0.2) is 52.5 Å². The summed E-state index contributed by atoms with van der Waals surface area (Å²) < 4.78 is 5.50. The van der Waals surface area contributed by atoms with Crippen molar-refractivity contribution in [2.45, 2.75) is 12.3 Å². The number of nitrogens with one attached hydrogen (secondary N) is 1. The summed E-state index contributed by atoms with van der Waals surface area (Å²) in [5.74, 6) is -2.00. The minimum atomic E-state index is -1.55. The van der Waals surface area contributed by atoms with E-state index < -0.39 is 23.1 Å². The fourth-order valence-electron chi connectivity index (χ4n) is 3.64. The first-order valence-electron chi connectivity index (χ1n) is 7.30. The quantitative estimate of drug-likeness (QED) is 0.742. The van der Waals surface area contributed by atoms with Crippen LogP contribution in [0.25, 0.3) is 0 Å². The summed E-state index contributed by atoms with van der Waals surface area (Å²) >= 11 is 0. The Bertz CT molecular complexity index is 951. The molecule has 7 heteroatoms. The van der Waals surface area contributed by atoms with Gasteiger partial charge in [0.05, 0.1) is 0 Å². The van der Waals surface area contributed by atoms with Gasteiger partial charge in [-0.25, -0.2) is 4.99 Å². The van der Waals surface area contributed by atoms with E-state index in [1.807, 2.05) is 6.07 Å². The van der Waals surface area contributed by atoms with Crippen molar-refractivity contribution in [3.05, 3.63) is 53.1 Å². The molecule has 0 bridgehead atoms. The van der Waals surface area contributed by atoms with Gasteiger partial charge in [0.25, 0.3) is 5.91 Å². The van der Waals surface area contributed by atoms with E-state index in [1.54, 1.807) is 37.3 Å². The Kier molecular flexibility index (Phi) is 2.69. The summed E-state index contributed by atoms with van der Waals surface area (Å²) in [5, 5.41) is 12.4. The Balaban J connectivity index is 2.10. The number of fused-ring (bicyclic) bond motifs is 4. The van der Waals surface area contributed by atoms with Crippen molar-refractivity contribution in [2.75, 3.05) is 5.32 Å². The molecule has 0 aliphatic carbocycles. The Hall–Kier alpha value is -3.40. The molecule has 24 heavy (non-hydrogen) atoms. The number of nitrogens with zero attached hydrogens (tertiary/aromatic N) is 2. The molecule has 0 fully saturated rings. The number of carbonyl (C=O) groups excluding carboxylic acids is 2. The second-order valence-electron chi connectivity index (χ2n) is 5.83. The van der Waals surface area contributed by atoms with Crippen LogP contribution < -0.4 is 11.1 Å². The molecule has 1 spiro atoms. The Morgan fingerprint density at radius 3 is 2.88 bits per heavy atom. The first-order chi connectivity index (χ1) is 11.5. The van der Waals surface area contributed by atoms with Crippen LogP contribution in [0.5, 0.6) is 0 Å². The summed E-state index contributed by atoms with van der Waals surface area (Å²) in [7, 11) is 0. The number of carbonyl (C=O) groups is 2. The van der Waals surface area contributed by atoms with E-state index in [4.69, 9.17) is 10.5 Å². The van der Waals surface area contributed by atoms with Crippen LogP contribution in [0.3, 0.4) is 0 Å². The fraction of sp³-hybridized carbons (Fsp3) is 0.176. The highest BCUT2D eigenvalue weighted by Gasteiger charge is 2.63. The molecule has 3 heterocycles. The maximum atomic E-state index is 13.0. The zero-order valence-electron chi connectivity index (χ0n) is 12.7. The van der Waals surface area contributed by atoms with Gasteiger partial charge in [0.15, 0.2) is 0 Å². The van der Waals surface area contributed by atoms with E-state index in [1.165, 1.54) is 0 Å². The number of hydrogen-bond donors (Lipinski definition) is 2. The van der Waals surface area contributed by atoms with Crippen LogP contribution >= 0.6 is 0 Å². The summed E-state index contributed by atoms with van der Waals surface area (Å²) in [6.45, 7) is 1.65. The number of nitriles is 1. The highest BCUT2D eigenvalue weighted by molar-refractivity contribution is 6.15. The van der Waals surface area contributed by atoms with Crippen LogP contribution in [0.1, 0.15) is 12.5 Å². The molecule has 7 nitrogen and oxygen atoms in total. The van der Waals surface area contributed by atoms with E-state index >= 15 is 0 Å². The van der Waals surface area contributed by atoms with Gasteiger partial charge in [-0.2, -0.15) is 5.26 Å². The molecule has 118 valence electrons. The molecule has 0 aromatic heterocycles. The van der Waals surface area contributed by atoms with E-state index in [0.29, 0.717) is 17.0 Å². The fourth-order valence-corrected chi connectivity index (χ4v) is 3.64. The standard InChI is InChI=1S/C17H12N4O3/c1-8-6-12-13(15(22)20-8)17(10(7-18)14(19)24-12)9-4-2-3-5-11(9)21-16(17)23/h2-6,13H,19H2,1H3,(H,21,23). The number of aliphatic imine (C=N–C) groups is 1. The number of benzene rings is 1. The maximum Gasteiger partial charge on any atom is 0.258 e. The van der Waals surface area contributed by atoms with Gasteiger partial charge in [-0.3, -0.25) is 9.59 Å². The van der Waals surface area contributed by atoms with Crippen LogP contribution in [0, 0.1) is 17.2 Å². The lowest BCUT2D eigenvalue weighted by Crippen LogP contribution is -2.52. The number of nitrogens with two attached hydrogens (primary N) is 1. The topological polar surface area (TPSA) is 118 Å². The van der Waals surface area contributed by atoms with Gasteiger partial charge >= 0.3 is 0 Å². The molecule has 0 saturated carbocycles. The summed E-state index contributed by atoms with van der Waals surface area (Å²) in [4.78, 5) is 29.6. The molecule has 2 atom stereocenters. The van der Waals surface area contributed by atoms with Gasteiger partial charge in [-0.1, -0.05) is 18.2 Å². The van der Waals surface area contributed by atoms with E-state index in [9.17, 15) is 14.9 Å². The number of dihydropyridines is 1. The SMILES string of the molecule is CC1=NC(=O)C2C(=C1)OC(N)=C(C#N)C21C(=O)Nc2ccccc21. The number of allylic oxidation sites excluding steroid dienone is 1. The Morgan fingerprint density at radius 2 is 2.12 bits per heavy atom. The molecule has 0 saturated heterocycles. The highest BCUT2D eigenvalue weighted by atomic mass is 16.5. The van der Waals surface area contributed by atoms with Gasteiger partial charge in [0, 0.05) is 11.4 Å². The lowest BCUT2D eigenvalue weighted by Gasteiger charge is -2.39. The normalized spacial score (nSPS) is 27.6. The summed E-state index contributed by atoms with van der Waals surface area (Å²) in [5.41, 5.74) is 5.82. The zero-order valence-corrected chi connectivity index (χ0v) is 12.7. The lowest BCUT2D eigenvalue weighted by molar-refractivity contribution is -0.131. The number of ether oxygens (including phenoxy) is 1. The molecular formula is C17H12N4O3. The molecule has 2 unspecified atom stereocenters. The van der Waals surface area contributed by atoms with Crippen molar-refractivity contribution in [1.82, 2.24) is 0 Å². The third-order valence-electron chi connectivity index (χ3n) is 4.54. The van der Waals surface area contributed by atoms with Gasteiger partial charge in [-0.05, 0) is 24.6 Å². The van der Waals surface area contributed by atoms with Gasteiger partial charge in [0.2, 0.25) is 11.8 Å². The van der Waals surface area contributed by atoms with E-state index in [0.717, 1.165) is 0 Å². The summed E-state index contributed by atoms with van der Waals surface area (Å²) in [6.07, 6.45) is 1.57. The number of rotatable bonds is 0. The predicted molar refractivity (Wildman–Crippen MR) is 84.4 cm³/mol. The second-order valence-corrected chi connectivity index (χ2v) is 5.83. The van der Waals surface area contributed by atoms with Crippen LogP contribution in [0.4, 0.5) is 5.69 Å². The number of amides is 2. The number of para-hydroxylation sites is 1. The van der Waals surface area contributed by atoms with Crippen molar-refractivity contribution in [3.63, 3.8) is 0 Å². The minimum Gasteiger partial charge on any atom is -0.444 e. The van der Waals surface area contributed by atoms with Crippen LogP contribution in [0.2, 0.25) is 0 Å². The van der Waals surface area contributed by atoms with Crippen molar-refractivity contribution in [1.29, 1.82) is 5.26 Å². The molecule has 0 radical (unpaired) electrons. The molecule has 2 amide bonds. The molecule has 1 aromatic rings. The van der Waals surface area contributed by atoms with Gasteiger partial charge in [-0.15, -0.1) is 0 Å². The lowest BCUT2D eigenvalue weighted by atomic mass is 9.63. The smallest absolute Gasteiger partial charge is 0.258 e. The van der Waals surface area contributed by atoms with Crippen molar-refractivity contribution >= 4 is 23.2 Å². The average molecular weight is 320 g/mol. The van der Waals surface area contributed by atoms with Gasteiger partial charge < -0.3 is 15.8 Å². The molecule has 1 aromatic carbocycles. The maximum absolute atomic E-state index is 13.0. The summed E-state index contributed by atoms with van der Waals surface area (Å²) in [6, 6.07) is 8.89. The largest absolute Gasteiger partial charge is 0.444 e. The van der Waals surface area contributed by atoms with E-state index in [2.05, 4.69) is 10.3 Å². The molecule has 3 N–H and O–H groups in total. The highest BCUT2D eigenvalue weighted by Crippen LogP contribution is 2.54. The van der Waals surface area contributed by atoms with Crippen LogP contribution in [-0.2, 0) is 19.7 Å². The van der Waals surface area contributed by atoms with Crippen molar-refractivity contribution < 1.29 is 14.3 Å². The number of hydrogen-bond acceptors (Lipinski definition) is 5. The Morgan fingerprint density at radius 1 is 1.38 bits per heavy atom. The van der Waals surface area contributed by atoms with Crippen molar-refractivity contribution in [3.8, 4) is 6.07 Å². The molecule has 4 rings (SSSR count).